The van der Waals surface area contributed by atoms with Gasteiger partial charge in [-0.15, -0.1) is 0 Å². The van der Waals surface area contributed by atoms with Crippen molar-refractivity contribution in [1.82, 2.24) is 20.4 Å². The number of amidine groups is 1. The van der Waals surface area contributed by atoms with Crippen molar-refractivity contribution >= 4 is 34.9 Å². The van der Waals surface area contributed by atoms with E-state index in [1.807, 2.05) is 0 Å². The topological polar surface area (TPSA) is 142 Å². The van der Waals surface area contributed by atoms with Crippen LogP contribution in [0.4, 0.5) is 0 Å². The monoisotopic (exact) mass is 421 g/mol. The van der Waals surface area contributed by atoms with Gasteiger partial charge in [-0.3, -0.25) is 24.3 Å². The van der Waals surface area contributed by atoms with Gasteiger partial charge in [-0.05, 0) is 46.2 Å². The highest BCUT2D eigenvalue weighted by molar-refractivity contribution is 6.42. The van der Waals surface area contributed by atoms with Crippen LogP contribution in [0.3, 0.4) is 0 Å². The van der Waals surface area contributed by atoms with E-state index in [0.29, 0.717) is 19.5 Å². The number of hydrogen-bond acceptors (Lipinski definition) is 7. The molecule has 10 heteroatoms. The van der Waals surface area contributed by atoms with Gasteiger partial charge in [-0.25, -0.2) is 0 Å². The van der Waals surface area contributed by atoms with E-state index < -0.39 is 11.9 Å². The Hall–Kier alpha value is -2.62. The maximum atomic E-state index is 12.8. The van der Waals surface area contributed by atoms with Crippen molar-refractivity contribution in [2.45, 2.75) is 46.1 Å². The van der Waals surface area contributed by atoms with Gasteiger partial charge in [0.15, 0.2) is 11.6 Å². The molecule has 0 aliphatic carbocycles. The number of nitrogens with one attached hydrogen (secondary N) is 4. The van der Waals surface area contributed by atoms with E-state index in [-0.39, 0.29) is 42.0 Å². The number of carbonyl (C=O) groups excluding carboxylic acids is 3. The van der Waals surface area contributed by atoms with E-state index in [2.05, 4.69) is 20.5 Å². The molecule has 168 valence electrons. The van der Waals surface area contributed by atoms with Crippen LogP contribution in [-0.2, 0) is 14.4 Å². The first-order valence-electron chi connectivity index (χ1n) is 10.4. The Bertz CT molecular complexity index is 684. The van der Waals surface area contributed by atoms with Crippen molar-refractivity contribution in [3.63, 3.8) is 0 Å². The highest BCUT2D eigenvalue weighted by Gasteiger charge is 2.28. The first-order chi connectivity index (χ1) is 14.2. The molecule has 0 radical (unpaired) electrons. The van der Waals surface area contributed by atoms with Crippen molar-refractivity contribution in [3.8, 4) is 0 Å². The largest absolute Gasteiger partial charge is 0.360 e. The minimum atomic E-state index is -0.745. The summed E-state index contributed by atoms with van der Waals surface area (Å²) in [7, 11) is 1.52. The molecule has 0 aromatic heterocycles. The lowest BCUT2D eigenvalue weighted by Crippen LogP contribution is -2.53. The predicted molar refractivity (Wildman–Crippen MR) is 118 cm³/mol. The smallest absolute Gasteiger partial charge is 0.289 e. The average Bonchev–Trinajstić information content (AvgIpc) is 3.21. The maximum Gasteiger partial charge on any atom is 0.289 e. The number of aliphatic imine (C=N–C) groups is 1. The first kappa shape index (κ1) is 25.4. The highest BCUT2D eigenvalue weighted by atomic mass is 16.2. The van der Waals surface area contributed by atoms with E-state index in [1.54, 1.807) is 13.8 Å². The molecule has 0 spiro atoms. The summed E-state index contributed by atoms with van der Waals surface area (Å²) in [5.74, 6) is -0.869. The SMILES string of the molecule is CC/N=C(/NCC(=N)C(C)=N)C(=O)N(C)[C@@H](CC)C(=O)NCC(=O)CN1CCCC1. The highest BCUT2D eigenvalue weighted by Crippen LogP contribution is 2.07. The second-order valence-corrected chi connectivity index (χ2v) is 7.36. The molecule has 30 heavy (non-hydrogen) atoms. The molecule has 0 aromatic rings. The Morgan fingerprint density at radius 3 is 2.27 bits per heavy atom. The molecular formula is C20H35N7O3. The number of rotatable bonds is 11. The lowest BCUT2D eigenvalue weighted by atomic mass is 10.1. The van der Waals surface area contributed by atoms with E-state index in [1.165, 1.54) is 18.9 Å². The van der Waals surface area contributed by atoms with Gasteiger partial charge < -0.3 is 26.4 Å². The summed E-state index contributed by atoms with van der Waals surface area (Å²) in [6.07, 6.45) is 2.57. The van der Waals surface area contributed by atoms with Crippen LogP contribution in [-0.4, -0.2) is 97.0 Å². The van der Waals surface area contributed by atoms with Gasteiger partial charge in [-0.1, -0.05) is 6.92 Å². The minimum absolute atomic E-state index is 0.00172. The summed E-state index contributed by atoms with van der Waals surface area (Å²) < 4.78 is 0. The summed E-state index contributed by atoms with van der Waals surface area (Å²) in [4.78, 5) is 45.1. The van der Waals surface area contributed by atoms with E-state index in [9.17, 15) is 14.4 Å². The molecule has 1 rings (SSSR count). The van der Waals surface area contributed by atoms with Gasteiger partial charge in [-0.2, -0.15) is 0 Å². The average molecular weight is 422 g/mol. The van der Waals surface area contributed by atoms with Gasteiger partial charge >= 0.3 is 0 Å². The van der Waals surface area contributed by atoms with Crippen molar-refractivity contribution in [2.24, 2.45) is 4.99 Å². The molecule has 10 nitrogen and oxygen atoms in total. The van der Waals surface area contributed by atoms with Crippen molar-refractivity contribution in [2.75, 3.05) is 46.3 Å². The van der Waals surface area contributed by atoms with Crippen LogP contribution in [0.1, 0.15) is 40.0 Å². The minimum Gasteiger partial charge on any atom is -0.360 e. The summed E-state index contributed by atoms with van der Waals surface area (Å²) in [5, 5.41) is 20.6. The van der Waals surface area contributed by atoms with E-state index in [0.717, 1.165) is 25.9 Å². The standard InChI is InChI=1S/C20H35N7O3/c1-5-17(19(29)25-11-15(28)13-27-9-7-8-10-27)26(4)20(30)18(23-6-2)24-12-16(22)14(3)21/h17,21-22H,5-13H2,1-4H3,(H,23,24)(H,25,29)/t17-/m0/s1. The van der Waals surface area contributed by atoms with Crippen molar-refractivity contribution in [3.05, 3.63) is 0 Å². The van der Waals surface area contributed by atoms with Crippen molar-refractivity contribution < 1.29 is 14.4 Å². The number of amides is 2. The van der Waals surface area contributed by atoms with Gasteiger partial charge in [0.25, 0.3) is 5.91 Å². The molecule has 1 saturated heterocycles. The third-order valence-electron chi connectivity index (χ3n) is 4.94. The number of nitrogens with zero attached hydrogens (tertiary/aromatic N) is 3. The Labute approximate surface area is 178 Å². The van der Waals surface area contributed by atoms with Gasteiger partial charge in [0, 0.05) is 13.6 Å². The third kappa shape index (κ3) is 8.02. The molecule has 4 N–H and O–H groups in total. The maximum absolute atomic E-state index is 12.8. The fraction of sp³-hybridized carbons (Fsp3) is 0.700. The summed E-state index contributed by atoms with van der Waals surface area (Å²) in [6.45, 7) is 7.52. The zero-order valence-electron chi connectivity index (χ0n) is 18.5. The second kappa shape index (κ2) is 12.8. The van der Waals surface area contributed by atoms with Crippen LogP contribution in [0, 0.1) is 10.8 Å². The van der Waals surface area contributed by atoms with Crippen LogP contribution in [0.15, 0.2) is 4.99 Å². The molecule has 1 aliphatic heterocycles. The molecule has 0 aromatic carbocycles. The molecule has 0 saturated carbocycles. The van der Waals surface area contributed by atoms with E-state index in [4.69, 9.17) is 10.8 Å². The quantitative estimate of drug-likeness (QED) is 0.276. The number of hydrogen-bond donors (Lipinski definition) is 4. The molecule has 1 atom stereocenters. The number of carbonyl (C=O) groups is 3. The number of likely N-dealkylation sites (tertiary alicyclic amines) is 1. The Morgan fingerprint density at radius 1 is 1.10 bits per heavy atom. The zero-order valence-corrected chi connectivity index (χ0v) is 18.5. The summed E-state index contributed by atoms with van der Waals surface area (Å²) in [5.41, 5.74) is 0.152. The van der Waals surface area contributed by atoms with Crippen LogP contribution in [0.5, 0.6) is 0 Å². The molecular weight excluding hydrogens is 386 g/mol. The molecule has 2 amide bonds. The Kier molecular flexibility index (Phi) is 10.9. The molecule has 1 heterocycles. The van der Waals surface area contributed by atoms with E-state index >= 15 is 0 Å². The van der Waals surface area contributed by atoms with Crippen LogP contribution in [0.2, 0.25) is 0 Å². The van der Waals surface area contributed by atoms with Gasteiger partial charge in [0.05, 0.1) is 31.1 Å². The normalized spacial score (nSPS) is 15.4. The molecule has 0 unspecified atom stereocenters. The predicted octanol–water partition coefficient (Wildman–Crippen LogP) is 0.0719. The molecule has 0 bridgehead atoms. The number of Topliss-reactive ketones (excluding diaryl/α,β-unsaturated/α-hetero) is 1. The fourth-order valence-corrected chi connectivity index (χ4v) is 3.16. The fourth-order valence-electron chi connectivity index (χ4n) is 3.16. The summed E-state index contributed by atoms with van der Waals surface area (Å²) in [6, 6.07) is -0.745. The number of ketones is 1. The lowest BCUT2D eigenvalue weighted by Gasteiger charge is -2.27. The molecule has 1 aliphatic rings. The first-order valence-corrected chi connectivity index (χ1v) is 10.4. The third-order valence-corrected chi connectivity index (χ3v) is 4.94. The zero-order chi connectivity index (χ0) is 22.7. The number of likely N-dealkylation sites (N-methyl/N-ethyl adjacent to an activating group) is 1. The van der Waals surface area contributed by atoms with Crippen LogP contribution in [0.25, 0.3) is 0 Å². The van der Waals surface area contributed by atoms with Gasteiger partial charge in [0.2, 0.25) is 5.91 Å². The van der Waals surface area contributed by atoms with Crippen molar-refractivity contribution in [1.29, 1.82) is 10.8 Å². The van der Waals surface area contributed by atoms with Gasteiger partial charge in [0.1, 0.15) is 6.04 Å². The lowest BCUT2D eigenvalue weighted by molar-refractivity contribution is -0.135. The summed E-state index contributed by atoms with van der Waals surface area (Å²) >= 11 is 0. The Morgan fingerprint density at radius 2 is 1.73 bits per heavy atom. The Balaban J connectivity index is 2.66. The van der Waals surface area contributed by atoms with Crippen LogP contribution >= 0.6 is 0 Å². The van der Waals surface area contributed by atoms with Crippen LogP contribution < -0.4 is 10.6 Å². The molecule has 1 fully saturated rings. The second-order valence-electron chi connectivity index (χ2n) is 7.36.